The number of Topliss-reactive ketones (excluding diaryl/α,β-unsaturated/α-hetero) is 1. The normalized spacial score (nSPS) is 16.7. The van der Waals surface area contributed by atoms with E-state index in [0.29, 0.717) is 37.3 Å². The number of hydrogen-bond donors (Lipinski definition) is 0. The zero-order chi connectivity index (χ0) is 22.2. The monoisotopic (exact) mass is 413 g/mol. The van der Waals surface area contributed by atoms with Crippen LogP contribution in [0.2, 0.25) is 0 Å². The average Bonchev–Trinajstić information content (AvgIpc) is 2.95. The van der Waals surface area contributed by atoms with Gasteiger partial charge in [0.05, 0.1) is 11.1 Å². The molecule has 1 saturated heterocycles. The summed E-state index contributed by atoms with van der Waals surface area (Å²) in [7, 11) is 0. The van der Waals surface area contributed by atoms with Crippen LogP contribution in [0.25, 0.3) is 0 Å². The Bertz CT molecular complexity index is 923. The van der Waals surface area contributed by atoms with Crippen LogP contribution in [0.1, 0.15) is 71.6 Å². The highest BCUT2D eigenvalue weighted by Crippen LogP contribution is 2.30. The summed E-state index contributed by atoms with van der Waals surface area (Å²) in [6.45, 7) is 8.39. The van der Waals surface area contributed by atoms with Crippen LogP contribution in [0.5, 0.6) is 0 Å². The number of benzene rings is 1. The molecule has 160 valence electrons. The summed E-state index contributed by atoms with van der Waals surface area (Å²) in [6.07, 6.45) is 0.417. The zero-order valence-electron chi connectivity index (χ0n) is 17.9. The lowest BCUT2D eigenvalue weighted by atomic mass is 10.0. The highest BCUT2D eigenvalue weighted by molar-refractivity contribution is 6.22. The van der Waals surface area contributed by atoms with Crippen LogP contribution in [-0.4, -0.2) is 75.8 Å². The number of imide groups is 1. The Kier molecular flexibility index (Phi) is 5.78. The minimum absolute atomic E-state index is 0.0215. The lowest BCUT2D eigenvalue weighted by molar-refractivity contribution is -0.134. The second-order valence-corrected chi connectivity index (χ2v) is 8.75. The molecule has 0 spiro atoms. The lowest BCUT2D eigenvalue weighted by Gasteiger charge is -2.35. The summed E-state index contributed by atoms with van der Waals surface area (Å²) >= 11 is 0. The Morgan fingerprint density at radius 3 is 2.00 bits per heavy atom. The van der Waals surface area contributed by atoms with Gasteiger partial charge in [0.15, 0.2) is 0 Å². The summed E-state index contributed by atoms with van der Waals surface area (Å²) in [5, 5.41) is 0. The molecule has 0 aliphatic carbocycles. The Morgan fingerprint density at radius 1 is 0.867 bits per heavy atom. The van der Waals surface area contributed by atoms with Crippen molar-refractivity contribution < 1.29 is 24.0 Å². The summed E-state index contributed by atoms with van der Waals surface area (Å²) in [6, 6.07) is 4.60. The van der Waals surface area contributed by atoms with Crippen molar-refractivity contribution in [3.8, 4) is 0 Å². The van der Waals surface area contributed by atoms with E-state index in [-0.39, 0.29) is 41.9 Å². The molecule has 0 unspecified atom stereocenters. The van der Waals surface area contributed by atoms with E-state index in [4.69, 9.17) is 0 Å². The molecule has 0 radical (unpaired) electrons. The van der Waals surface area contributed by atoms with E-state index in [1.54, 1.807) is 36.6 Å². The highest BCUT2D eigenvalue weighted by Gasteiger charge is 2.42. The number of piperazine rings is 1. The van der Waals surface area contributed by atoms with Crippen molar-refractivity contribution in [3.05, 3.63) is 34.9 Å². The first-order chi connectivity index (χ1) is 14.0. The van der Waals surface area contributed by atoms with Gasteiger partial charge < -0.3 is 14.6 Å². The minimum atomic E-state index is -0.650. The maximum absolute atomic E-state index is 12.9. The fourth-order valence-corrected chi connectivity index (χ4v) is 3.77. The van der Waals surface area contributed by atoms with E-state index in [1.165, 1.54) is 24.0 Å². The minimum Gasteiger partial charge on any atom is -0.339 e. The van der Waals surface area contributed by atoms with E-state index in [1.807, 2.05) is 0 Å². The molecule has 30 heavy (non-hydrogen) atoms. The van der Waals surface area contributed by atoms with Gasteiger partial charge in [-0.25, -0.2) is 0 Å². The third-order valence-electron chi connectivity index (χ3n) is 5.41. The molecule has 3 rings (SSSR count). The average molecular weight is 413 g/mol. The van der Waals surface area contributed by atoms with Crippen LogP contribution in [0, 0.1) is 0 Å². The molecule has 8 heteroatoms. The Hall–Kier alpha value is -3.03. The van der Waals surface area contributed by atoms with E-state index in [2.05, 4.69) is 0 Å². The van der Waals surface area contributed by atoms with Crippen molar-refractivity contribution in [2.75, 3.05) is 26.2 Å². The molecule has 2 heterocycles. The van der Waals surface area contributed by atoms with Crippen molar-refractivity contribution in [1.82, 2.24) is 14.7 Å². The van der Waals surface area contributed by atoms with E-state index >= 15 is 0 Å². The lowest BCUT2D eigenvalue weighted by Crippen LogP contribution is -2.50. The Labute approximate surface area is 175 Å². The summed E-state index contributed by atoms with van der Waals surface area (Å²) in [5.41, 5.74) is 0.260. The molecule has 1 aromatic carbocycles. The van der Waals surface area contributed by atoms with Crippen molar-refractivity contribution in [2.45, 2.75) is 46.1 Å². The Morgan fingerprint density at radius 2 is 1.43 bits per heavy atom. The smallest absolute Gasteiger partial charge is 0.262 e. The summed E-state index contributed by atoms with van der Waals surface area (Å²) in [5.74, 6) is -1.08. The molecule has 2 aliphatic heterocycles. The van der Waals surface area contributed by atoms with E-state index in [9.17, 15) is 24.0 Å². The van der Waals surface area contributed by atoms with Crippen LogP contribution >= 0.6 is 0 Å². The van der Waals surface area contributed by atoms with Crippen molar-refractivity contribution >= 4 is 29.4 Å². The number of nitrogens with zero attached hydrogens (tertiary/aromatic N) is 3. The molecule has 0 aromatic heterocycles. The van der Waals surface area contributed by atoms with Gasteiger partial charge in [-0.3, -0.25) is 24.1 Å². The zero-order valence-corrected chi connectivity index (χ0v) is 17.9. The third-order valence-corrected chi connectivity index (χ3v) is 5.41. The van der Waals surface area contributed by atoms with Gasteiger partial charge in [-0.1, -0.05) is 0 Å². The first-order valence-electron chi connectivity index (χ1n) is 10.1. The quantitative estimate of drug-likeness (QED) is 0.701. The summed E-state index contributed by atoms with van der Waals surface area (Å²) in [4.78, 5) is 66.0. The maximum atomic E-state index is 12.9. The predicted octanol–water partition coefficient (Wildman–Crippen LogP) is 1.73. The topological polar surface area (TPSA) is 95.1 Å². The molecule has 8 nitrogen and oxygen atoms in total. The van der Waals surface area contributed by atoms with Crippen molar-refractivity contribution in [3.63, 3.8) is 0 Å². The fourth-order valence-electron chi connectivity index (χ4n) is 3.77. The SMILES string of the molecule is CC(=O)CCC(=O)N1CCN(C(=O)c2ccc3c(c2)C(=O)N(C(C)(C)C)C3=O)CC1. The second-order valence-electron chi connectivity index (χ2n) is 8.75. The molecule has 1 aromatic rings. The number of carbonyl (C=O) groups excluding carboxylic acids is 5. The number of fused-ring (bicyclic) bond motifs is 1. The first kappa shape index (κ1) is 21.7. The molecule has 0 N–H and O–H groups in total. The second kappa shape index (κ2) is 8.01. The van der Waals surface area contributed by atoms with Crippen molar-refractivity contribution in [2.24, 2.45) is 0 Å². The highest BCUT2D eigenvalue weighted by atomic mass is 16.2. The van der Waals surface area contributed by atoms with Crippen LogP contribution < -0.4 is 0 Å². The molecular weight excluding hydrogens is 386 g/mol. The standard InChI is InChI=1S/C22H27N3O5/c1-14(26)5-8-18(27)23-9-11-24(12-10-23)19(28)15-6-7-16-17(13-15)21(30)25(20(16)29)22(2,3)4/h6-7,13H,5,8-12H2,1-4H3. The number of rotatable bonds is 4. The van der Waals surface area contributed by atoms with Gasteiger partial charge in [0.25, 0.3) is 17.7 Å². The maximum Gasteiger partial charge on any atom is 0.262 e. The largest absolute Gasteiger partial charge is 0.339 e. The Balaban J connectivity index is 1.68. The molecule has 0 bridgehead atoms. The molecule has 0 atom stereocenters. The van der Waals surface area contributed by atoms with Crippen LogP contribution in [0.3, 0.4) is 0 Å². The molecule has 1 fully saturated rings. The van der Waals surface area contributed by atoms with Gasteiger partial charge in [-0.2, -0.15) is 0 Å². The summed E-state index contributed by atoms with van der Waals surface area (Å²) < 4.78 is 0. The van der Waals surface area contributed by atoms with Gasteiger partial charge in [-0.15, -0.1) is 0 Å². The third kappa shape index (κ3) is 4.13. The number of amides is 4. The predicted molar refractivity (Wildman–Crippen MR) is 109 cm³/mol. The van der Waals surface area contributed by atoms with Crippen LogP contribution in [0.15, 0.2) is 18.2 Å². The van der Waals surface area contributed by atoms with Crippen LogP contribution in [0.4, 0.5) is 0 Å². The van der Waals surface area contributed by atoms with Crippen LogP contribution in [-0.2, 0) is 9.59 Å². The van der Waals surface area contributed by atoms with Crippen molar-refractivity contribution in [1.29, 1.82) is 0 Å². The number of hydrogen-bond acceptors (Lipinski definition) is 5. The molecular formula is C22H27N3O5. The van der Waals surface area contributed by atoms with Gasteiger partial charge in [0.2, 0.25) is 5.91 Å². The number of carbonyl (C=O) groups is 5. The molecule has 0 saturated carbocycles. The van der Waals surface area contributed by atoms with E-state index < -0.39 is 11.4 Å². The molecule has 2 aliphatic rings. The fraction of sp³-hybridized carbons (Fsp3) is 0.500. The van der Waals surface area contributed by atoms with Gasteiger partial charge in [0.1, 0.15) is 5.78 Å². The van der Waals surface area contributed by atoms with Gasteiger partial charge in [-0.05, 0) is 45.9 Å². The van der Waals surface area contributed by atoms with Gasteiger partial charge in [0, 0.05) is 50.1 Å². The first-order valence-corrected chi connectivity index (χ1v) is 10.1. The van der Waals surface area contributed by atoms with Gasteiger partial charge >= 0.3 is 0 Å². The molecule has 4 amide bonds. The van der Waals surface area contributed by atoms with E-state index in [0.717, 1.165) is 0 Å². The number of ketones is 1.